The monoisotopic (exact) mass is 430 g/mol. The molecule has 0 radical (unpaired) electrons. The van der Waals surface area contributed by atoms with Crippen LogP contribution >= 0.6 is 34.5 Å². The molecule has 0 fully saturated rings. The third-order valence-electron chi connectivity index (χ3n) is 3.12. The molecule has 0 atom stereocenters. The maximum Gasteiger partial charge on any atom is 0.306 e. The summed E-state index contributed by atoms with van der Waals surface area (Å²) in [6.07, 6.45) is 0.413. The van der Waals surface area contributed by atoms with Gasteiger partial charge >= 0.3 is 5.97 Å². The molecule has 8 nitrogen and oxygen atoms in total. The van der Waals surface area contributed by atoms with Gasteiger partial charge in [-0.2, -0.15) is 0 Å². The number of aromatic nitrogens is 2. The van der Waals surface area contributed by atoms with Crippen molar-refractivity contribution >= 4 is 63.1 Å². The van der Waals surface area contributed by atoms with Gasteiger partial charge in [0.15, 0.2) is 6.61 Å². The predicted octanol–water partition coefficient (Wildman–Crippen LogP) is 3.44. The van der Waals surface area contributed by atoms with Crippen LogP contribution in [0, 0.1) is 6.92 Å². The van der Waals surface area contributed by atoms with Crippen LogP contribution in [0.2, 0.25) is 10.0 Å². The summed E-state index contributed by atoms with van der Waals surface area (Å²) in [7, 11) is 0. The van der Waals surface area contributed by atoms with Gasteiger partial charge in [0, 0.05) is 17.9 Å². The van der Waals surface area contributed by atoms with Gasteiger partial charge in [-0.05, 0) is 31.5 Å². The molecule has 0 bridgehead atoms. The third kappa shape index (κ3) is 7.49. The SMILES string of the molecule is Cc1nnc(NC(=O)CCCC(=O)OCC(=O)Nc2cc(Cl)ccc2Cl)s1. The number of nitrogens with one attached hydrogen (secondary N) is 2. The predicted molar refractivity (Wildman–Crippen MR) is 103 cm³/mol. The van der Waals surface area contributed by atoms with Gasteiger partial charge in [-0.25, -0.2) is 0 Å². The molecule has 144 valence electrons. The second-order valence-corrected chi connectivity index (χ2v) is 7.39. The first-order valence-electron chi connectivity index (χ1n) is 7.84. The van der Waals surface area contributed by atoms with Crippen molar-refractivity contribution in [2.45, 2.75) is 26.2 Å². The molecule has 2 N–H and O–H groups in total. The number of aryl methyl sites for hydroxylation is 1. The minimum atomic E-state index is -0.582. The summed E-state index contributed by atoms with van der Waals surface area (Å²) < 4.78 is 4.87. The molecule has 1 aromatic carbocycles. The summed E-state index contributed by atoms with van der Waals surface area (Å²) in [5, 5.41) is 14.5. The van der Waals surface area contributed by atoms with Crippen LogP contribution in [-0.2, 0) is 19.1 Å². The molecule has 0 aliphatic rings. The topological polar surface area (TPSA) is 110 Å². The van der Waals surface area contributed by atoms with E-state index in [-0.39, 0.29) is 25.2 Å². The van der Waals surface area contributed by atoms with Crippen LogP contribution in [0.3, 0.4) is 0 Å². The molecule has 0 aliphatic carbocycles. The Morgan fingerprint density at radius 3 is 2.59 bits per heavy atom. The highest BCUT2D eigenvalue weighted by atomic mass is 35.5. The van der Waals surface area contributed by atoms with E-state index in [4.69, 9.17) is 27.9 Å². The van der Waals surface area contributed by atoms with Crippen molar-refractivity contribution in [3.8, 4) is 0 Å². The number of anilines is 2. The van der Waals surface area contributed by atoms with Crippen LogP contribution < -0.4 is 10.6 Å². The number of hydrogen-bond acceptors (Lipinski definition) is 7. The van der Waals surface area contributed by atoms with Gasteiger partial charge in [-0.3, -0.25) is 14.4 Å². The molecule has 0 saturated carbocycles. The normalized spacial score (nSPS) is 10.3. The number of benzene rings is 1. The number of halogens is 2. The largest absolute Gasteiger partial charge is 0.456 e. The second kappa shape index (κ2) is 10.2. The number of esters is 1. The van der Waals surface area contributed by atoms with Gasteiger partial charge in [0.05, 0.1) is 10.7 Å². The molecule has 2 amide bonds. The molecular weight excluding hydrogens is 415 g/mol. The first-order chi connectivity index (χ1) is 12.8. The standard InChI is InChI=1S/C16H16Cl2N4O4S/c1-9-21-22-16(27-9)20-13(23)3-2-4-15(25)26-8-14(24)19-12-7-10(17)5-6-11(12)18/h5-7H,2-4,8H2,1H3,(H,19,24)(H,20,22,23). The highest BCUT2D eigenvalue weighted by molar-refractivity contribution is 7.15. The summed E-state index contributed by atoms with van der Waals surface area (Å²) in [5.41, 5.74) is 0.328. The van der Waals surface area contributed by atoms with Crippen LogP contribution in [0.15, 0.2) is 18.2 Å². The average molecular weight is 431 g/mol. The molecule has 27 heavy (non-hydrogen) atoms. The van der Waals surface area contributed by atoms with Crippen molar-refractivity contribution in [3.63, 3.8) is 0 Å². The van der Waals surface area contributed by atoms with Crippen LogP contribution in [-0.4, -0.2) is 34.6 Å². The molecule has 0 aliphatic heterocycles. The van der Waals surface area contributed by atoms with Gasteiger partial charge < -0.3 is 15.4 Å². The van der Waals surface area contributed by atoms with Crippen molar-refractivity contribution in [2.24, 2.45) is 0 Å². The van der Waals surface area contributed by atoms with Crippen molar-refractivity contribution in [2.75, 3.05) is 17.2 Å². The molecule has 0 unspecified atom stereocenters. The summed E-state index contributed by atoms with van der Waals surface area (Å²) in [5.74, 6) is -1.40. The number of ether oxygens (including phenoxy) is 1. The fourth-order valence-corrected chi connectivity index (χ4v) is 2.86. The van der Waals surface area contributed by atoms with Crippen LogP contribution in [0.1, 0.15) is 24.3 Å². The fraction of sp³-hybridized carbons (Fsp3) is 0.312. The average Bonchev–Trinajstić information content (AvgIpc) is 3.01. The van der Waals surface area contributed by atoms with E-state index in [0.717, 1.165) is 5.01 Å². The van der Waals surface area contributed by atoms with Gasteiger partial charge in [-0.15, -0.1) is 10.2 Å². The zero-order chi connectivity index (χ0) is 19.8. The maximum atomic E-state index is 11.8. The minimum Gasteiger partial charge on any atom is -0.456 e. The molecule has 11 heteroatoms. The summed E-state index contributed by atoms with van der Waals surface area (Å²) in [4.78, 5) is 35.2. The Bertz CT molecular complexity index is 844. The molecule has 0 spiro atoms. The Morgan fingerprint density at radius 2 is 1.89 bits per heavy atom. The van der Waals surface area contributed by atoms with E-state index in [9.17, 15) is 14.4 Å². The smallest absolute Gasteiger partial charge is 0.306 e. The summed E-state index contributed by atoms with van der Waals surface area (Å²) in [6, 6.07) is 4.61. The number of carbonyl (C=O) groups is 3. The molecular formula is C16H16Cl2N4O4S. The summed E-state index contributed by atoms with van der Waals surface area (Å²) in [6.45, 7) is 1.32. The van der Waals surface area contributed by atoms with E-state index in [2.05, 4.69) is 20.8 Å². The van der Waals surface area contributed by atoms with E-state index in [1.54, 1.807) is 19.1 Å². The van der Waals surface area contributed by atoms with Gasteiger partial charge in [0.1, 0.15) is 5.01 Å². The lowest BCUT2D eigenvalue weighted by Gasteiger charge is -2.08. The van der Waals surface area contributed by atoms with Crippen LogP contribution in [0.4, 0.5) is 10.8 Å². The first-order valence-corrected chi connectivity index (χ1v) is 9.41. The molecule has 1 aromatic heterocycles. The molecule has 1 heterocycles. The van der Waals surface area contributed by atoms with Crippen molar-refractivity contribution in [1.82, 2.24) is 10.2 Å². The highest BCUT2D eigenvalue weighted by Crippen LogP contribution is 2.25. The lowest BCUT2D eigenvalue weighted by atomic mass is 10.2. The van der Waals surface area contributed by atoms with E-state index >= 15 is 0 Å². The Kier molecular flexibility index (Phi) is 7.96. The molecule has 2 rings (SSSR count). The number of amides is 2. The van der Waals surface area contributed by atoms with E-state index in [1.807, 2.05) is 0 Å². The van der Waals surface area contributed by atoms with Crippen molar-refractivity contribution in [1.29, 1.82) is 0 Å². The Labute approximate surface area is 169 Å². The van der Waals surface area contributed by atoms with Crippen molar-refractivity contribution < 1.29 is 19.1 Å². The second-order valence-electron chi connectivity index (χ2n) is 5.36. The van der Waals surface area contributed by atoms with Crippen LogP contribution in [0.25, 0.3) is 0 Å². The summed E-state index contributed by atoms with van der Waals surface area (Å²) >= 11 is 13.0. The Morgan fingerprint density at radius 1 is 1.11 bits per heavy atom. The first kappa shape index (κ1) is 21.1. The quantitative estimate of drug-likeness (QED) is 0.620. The van der Waals surface area contributed by atoms with Crippen LogP contribution in [0.5, 0.6) is 0 Å². The van der Waals surface area contributed by atoms with Crippen molar-refractivity contribution in [3.05, 3.63) is 33.3 Å². The number of rotatable bonds is 8. The molecule has 0 saturated heterocycles. The van der Waals surface area contributed by atoms with Gasteiger partial charge in [0.25, 0.3) is 5.91 Å². The zero-order valence-corrected chi connectivity index (χ0v) is 16.6. The molecule has 2 aromatic rings. The third-order valence-corrected chi connectivity index (χ3v) is 4.44. The maximum absolute atomic E-state index is 11.8. The number of nitrogens with zero attached hydrogens (tertiary/aromatic N) is 2. The van der Waals surface area contributed by atoms with E-state index in [1.165, 1.54) is 17.4 Å². The zero-order valence-electron chi connectivity index (χ0n) is 14.3. The number of hydrogen-bond donors (Lipinski definition) is 2. The fourth-order valence-electron chi connectivity index (χ4n) is 1.92. The van der Waals surface area contributed by atoms with Gasteiger partial charge in [0.2, 0.25) is 11.0 Å². The number of carbonyl (C=O) groups excluding carboxylic acids is 3. The van der Waals surface area contributed by atoms with E-state index < -0.39 is 18.5 Å². The lowest BCUT2D eigenvalue weighted by molar-refractivity contribution is -0.147. The highest BCUT2D eigenvalue weighted by Gasteiger charge is 2.12. The minimum absolute atomic E-state index is 0.00771. The van der Waals surface area contributed by atoms with Gasteiger partial charge in [-0.1, -0.05) is 34.5 Å². The Balaban J connectivity index is 1.64. The van der Waals surface area contributed by atoms with E-state index in [0.29, 0.717) is 20.9 Å². The Hall–Kier alpha value is -2.23. The lowest BCUT2D eigenvalue weighted by Crippen LogP contribution is -2.21.